The summed E-state index contributed by atoms with van der Waals surface area (Å²) in [6.07, 6.45) is 2.90. The molecule has 0 bridgehead atoms. The average Bonchev–Trinajstić information content (AvgIpc) is 2.28. The summed E-state index contributed by atoms with van der Waals surface area (Å²) < 4.78 is 0. The standard InChI is InChI=1S/C13H18ClNO2/c1-10-11(14)6-5-7-12(10)15-9-4-2-3-8-13(16)17/h5-7,15H,2-4,8-9H2,1H3,(H,16,17). The lowest BCUT2D eigenvalue weighted by atomic mass is 10.1. The molecule has 0 aliphatic heterocycles. The number of carboxylic acid groups (broad SMARTS) is 1. The Kier molecular flexibility index (Phi) is 5.84. The van der Waals surface area contributed by atoms with Crippen LogP contribution in [0.5, 0.6) is 0 Å². The summed E-state index contributed by atoms with van der Waals surface area (Å²) in [6.45, 7) is 2.83. The van der Waals surface area contributed by atoms with Crippen LogP contribution in [0.25, 0.3) is 0 Å². The number of halogens is 1. The van der Waals surface area contributed by atoms with Gasteiger partial charge in [0.1, 0.15) is 0 Å². The minimum atomic E-state index is -0.719. The fourth-order valence-electron chi connectivity index (χ4n) is 1.60. The molecule has 3 nitrogen and oxygen atoms in total. The molecule has 94 valence electrons. The topological polar surface area (TPSA) is 49.3 Å². The van der Waals surface area contributed by atoms with Gasteiger partial charge in [-0.2, -0.15) is 0 Å². The quantitative estimate of drug-likeness (QED) is 0.731. The highest BCUT2D eigenvalue weighted by Crippen LogP contribution is 2.22. The maximum Gasteiger partial charge on any atom is 0.303 e. The van der Waals surface area contributed by atoms with Gasteiger partial charge in [-0.3, -0.25) is 4.79 Å². The molecule has 0 aliphatic carbocycles. The molecule has 0 unspecified atom stereocenters. The molecule has 0 fully saturated rings. The van der Waals surface area contributed by atoms with Gasteiger partial charge < -0.3 is 10.4 Å². The van der Waals surface area contributed by atoms with E-state index >= 15 is 0 Å². The van der Waals surface area contributed by atoms with Gasteiger partial charge in [0.05, 0.1) is 0 Å². The molecule has 0 atom stereocenters. The maximum atomic E-state index is 10.3. The normalized spacial score (nSPS) is 10.2. The number of hydrogen-bond acceptors (Lipinski definition) is 2. The number of unbranched alkanes of at least 4 members (excludes halogenated alkanes) is 2. The third-order valence-corrected chi connectivity index (χ3v) is 3.06. The Morgan fingerprint density at radius 1 is 1.35 bits per heavy atom. The molecule has 0 aliphatic rings. The zero-order valence-corrected chi connectivity index (χ0v) is 10.8. The van der Waals surface area contributed by atoms with Crippen LogP contribution in [0.15, 0.2) is 18.2 Å². The second-order valence-corrected chi connectivity index (χ2v) is 4.45. The third kappa shape index (κ3) is 5.09. The third-order valence-electron chi connectivity index (χ3n) is 2.65. The van der Waals surface area contributed by atoms with Crippen molar-refractivity contribution in [1.29, 1.82) is 0 Å². The second-order valence-electron chi connectivity index (χ2n) is 4.04. The minimum Gasteiger partial charge on any atom is -0.481 e. The fraction of sp³-hybridized carbons (Fsp3) is 0.462. The molecule has 2 N–H and O–H groups in total. The monoisotopic (exact) mass is 255 g/mol. The van der Waals surface area contributed by atoms with E-state index in [0.717, 1.165) is 42.1 Å². The van der Waals surface area contributed by atoms with Crippen LogP contribution in [0.1, 0.15) is 31.2 Å². The van der Waals surface area contributed by atoms with Crippen LogP contribution in [0.2, 0.25) is 5.02 Å². The lowest BCUT2D eigenvalue weighted by molar-refractivity contribution is -0.137. The van der Waals surface area contributed by atoms with Gasteiger partial charge in [0.2, 0.25) is 0 Å². The fourth-order valence-corrected chi connectivity index (χ4v) is 1.77. The van der Waals surface area contributed by atoms with Crippen LogP contribution in [-0.4, -0.2) is 17.6 Å². The van der Waals surface area contributed by atoms with Gasteiger partial charge >= 0.3 is 5.97 Å². The zero-order chi connectivity index (χ0) is 12.7. The Hall–Kier alpha value is -1.22. The van der Waals surface area contributed by atoms with E-state index in [1.54, 1.807) is 0 Å². The Balaban J connectivity index is 2.22. The average molecular weight is 256 g/mol. The Bertz CT molecular complexity index is 380. The van der Waals surface area contributed by atoms with Crippen LogP contribution >= 0.6 is 11.6 Å². The van der Waals surface area contributed by atoms with Crippen LogP contribution in [0, 0.1) is 6.92 Å². The number of benzene rings is 1. The summed E-state index contributed by atoms with van der Waals surface area (Å²) in [7, 11) is 0. The van der Waals surface area contributed by atoms with Gasteiger partial charge in [-0.25, -0.2) is 0 Å². The molecule has 17 heavy (non-hydrogen) atoms. The molecule has 0 amide bonds. The Morgan fingerprint density at radius 2 is 2.12 bits per heavy atom. The molecule has 4 heteroatoms. The zero-order valence-electron chi connectivity index (χ0n) is 10.0. The predicted molar refractivity (Wildman–Crippen MR) is 70.8 cm³/mol. The van der Waals surface area contributed by atoms with E-state index in [1.807, 2.05) is 25.1 Å². The minimum absolute atomic E-state index is 0.260. The van der Waals surface area contributed by atoms with E-state index in [9.17, 15) is 4.79 Å². The van der Waals surface area contributed by atoms with Gasteiger partial charge in [-0.05, 0) is 37.5 Å². The summed E-state index contributed by atoms with van der Waals surface area (Å²) in [5.41, 5.74) is 2.11. The van der Waals surface area contributed by atoms with E-state index in [2.05, 4.69) is 5.32 Å². The first-order valence-corrected chi connectivity index (χ1v) is 6.20. The van der Waals surface area contributed by atoms with E-state index < -0.39 is 5.97 Å². The van der Waals surface area contributed by atoms with Crippen molar-refractivity contribution in [3.63, 3.8) is 0 Å². The van der Waals surface area contributed by atoms with Gasteiger partial charge in [0, 0.05) is 23.7 Å². The first kappa shape index (κ1) is 13.8. The molecule has 0 radical (unpaired) electrons. The highest BCUT2D eigenvalue weighted by Gasteiger charge is 2.01. The number of carbonyl (C=O) groups is 1. The molecule has 1 aromatic carbocycles. The first-order chi connectivity index (χ1) is 8.11. The van der Waals surface area contributed by atoms with Crippen molar-refractivity contribution in [2.45, 2.75) is 32.6 Å². The molecule has 1 aromatic rings. The highest BCUT2D eigenvalue weighted by atomic mass is 35.5. The van der Waals surface area contributed by atoms with Crippen molar-refractivity contribution in [3.05, 3.63) is 28.8 Å². The van der Waals surface area contributed by atoms with Gasteiger partial charge in [-0.1, -0.05) is 24.1 Å². The number of aliphatic carboxylic acids is 1. The van der Waals surface area contributed by atoms with Crippen LogP contribution < -0.4 is 5.32 Å². The molecule has 0 heterocycles. The molecule has 0 spiro atoms. The van der Waals surface area contributed by atoms with E-state index in [-0.39, 0.29) is 6.42 Å². The van der Waals surface area contributed by atoms with E-state index in [4.69, 9.17) is 16.7 Å². The summed E-state index contributed by atoms with van der Waals surface area (Å²) in [5.74, 6) is -0.719. The van der Waals surface area contributed by atoms with Gasteiger partial charge in [0.25, 0.3) is 0 Å². The summed E-state index contributed by atoms with van der Waals surface area (Å²) in [4.78, 5) is 10.3. The van der Waals surface area contributed by atoms with Crippen LogP contribution in [0.4, 0.5) is 5.69 Å². The number of nitrogens with one attached hydrogen (secondary N) is 1. The Labute approximate surface area is 107 Å². The van der Waals surface area contributed by atoms with Crippen molar-refractivity contribution >= 4 is 23.3 Å². The Morgan fingerprint density at radius 3 is 2.82 bits per heavy atom. The van der Waals surface area contributed by atoms with Gasteiger partial charge in [0.15, 0.2) is 0 Å². The second kappa shape index (κ2) is 7.17. The van der Waals surface area contributed by atoms with Crippen molar-refractivity contribution in [2.24, 2.45) is 0 Å². The summed E-state index contributed by atoms with van der Waals surface area (Å²) >= 11 is 6.01. The first-order valence-electron chi connectivity index (χ1n) is 5.82. The lowest BCUT2D eigenvalue weighted by Crippen LogP contribution is -2.03. The smallest absolute Gasteiger partial charge is 0.303 e. The van der Waals surface area contributed by atoms with Crippen LogP contribution in [0.3, 0.4) is 0 Å². The van der Waals surface area contributed by atoms with Crippen molar-refractivity contribution in [2.75, 3.05) is 11.9 Å². The number of carboxylic acids is 1. The SMILES string of the molecule is Cc1c(Cl)cccc1NCCCCCC(=O)O. The molecule has 0 aromatic heterocycles. The molecule has 0 saturated heterocycles. The largest absolute Gasteiger partial charge is 0.481 e. The van der Waals surface area contributed by atoms with Crippen LogP contribution in [-0.2, 0) is 4.79 Å². The van der Waals surface area contributed by atoms with Crippen molar-refractivity contribution < 1.29 is 9.90 Å². The van der Waals surface area contributed by atoms with Crippen molar-refractivity contribution in [3.8, 4) is 0 Å². The number of hydrogen-bond donors (Lipinski definition) is 2. The molecule has 0 saturated carbocycles. The number of anilines is 1. The summed E-state index contributed by atoms with van der Waals surface area (Å²) in [5, 5.41) is 12.6. The van der Waals surface area contributed by atoms with Crippen molar-refractivity contribution in [1.82, 2.24) is 0 Å². The van der Waals surface area contributed by atoms with E-state index in [1.165, 1.54) is 0 Å². The van der Waals surface area contributed by atoms with E-state index in [0.29, 0.717) is 0 Å². The molecular weight excluding hydrogens is 238 g/mol. The molecular formula is C13H18ClNO2. The van der Waals surface area contributed by atoms with Gasteiger partial charge in [-0.15, -0.1) is 0 Å². The summed E-state index contributed by atoms with van der Waals surface area (Å²) in [6, 6.07) is 5.79. The maximum absolute atomic E-state index is 10.3. The highest BCUT2D eigenvalue weighted by molar-refractivity contribution is 6.31. The predicted octanol–water partition coefficient (Wildman–Crippen LogP) is 3.71. The number of rotatable bonds is 7. The lowest BCUT2D eigenvalue weighted by Gasteiger charge is -2.10. The molecule has 1 rings (SSSR count).